The third-order valence-corrected chi connectivity index (χ3v) is 4.30. The highest BCUT2D eigenvalue weighted by Crippen LogP contribution is 2.31. The highest BCUT2D eigenvalue weighted by atomic mass is 32.1. The average Bonchev–Trinajstić information content (AvgIpc) is 3.13. The lowest BCUT2D eigenvalue weighted by atomic mass is 10.1. The Hall–Kier alpha value is -1.33. The van der Waals surface area contributed by atoms with Crippen molar-refractivity contribution in [2.24, 2.45) is 0 Å². The molecule has 1 atom stereocenters. The third-order valence-electron chi connectivity index (χ3n) is 3.93. The van der Waals surface area contributed by atoms with Gasteiger partial charge in [-0.2, -0.15) is 0 Å². The number of hydrogen-bond acceptors (Lipinski definition) is 3. The highest BCUT2D eigenvalue weighted by molar-refractivity contribution is 7.80. The van der Waals surface area contributed by atoms with Gasteiger partial charge in [0.15, 0.2) is 5.11 Å². The van der Waals surface area contributed by atoms with Gasteiger partial charge in [-0.1, -0.05) is 0 Å². The number of ether oxygens (including phenoxy) is 2. The Morgan fingerprint density at radius 3 is 3.20 bits per heavy atom. The van der Waals surface area contributed by atoms with Gasteiger partial charge >= 0.3 is 0 Å². The molecule has 2 aliphatic heterocycles. The van der Waals surface area contributed by atoms with E-state index in [0.29, 0.717) is 6.10 Å². The predicted molar refractivity (Wildman–Crippen MR) is 83.6 cm³/mol. The van der Waals surface area contributed by atoms with E-state index in [9.17, 15) is 0 Å². The van der Waals surface area contributed by atoms with Crippen LogP contribution in [0, 0.1) is 0 Å². The molecule has 0 unspecified atom stereocenters. The van der Waals surface area contributed by atoms with Gasteiger partial charge in [-0.15, -0.1) is 0 Å². The molecule has 0 amide bonds. The van der Waals surface area contributed by atoms with Gasteiger partial charge < -0.3 is 19.7 Å². The van der Waals surface area contributed by atoms with Crippen molar-refractivity contribution in [1.82, 2.24) is 5.32 Å². The maximum absolute atomic E-state index is 5.61. The number of anilines is 1. The highest BCUT2D eigenvalue weighted by Gasteiger charge is 2.23. The van der Waals surface area contributed by atoms with Crippen LogP contribution in [-0.2, 0) is 11.2 Å². The molecule has 108 valence electrons. The van der Waals surface area contributed by atoms with Gasteiger partial charge in [0.2, 0.25) is 0 Å². The van der Waals surface area contributed by atoms with Crippen molar-refractivity contribution in [3.05, 3.63) is 23.8 Å². The normalized spacial score (nSPS) is 20.9. The van der Waals surface area contributed by atoms with Crippen LogP contribution in [0.3, 0.4) is 0 Å². The Bertz CT molecular complexity index is 501. The van der Waals surface area contributed by atoms with Crippen molar-refractivity contribution in [3.63, 3.8) is 0 Å². The fourth-order valence-electron chi connectivity index (χ4n) is 2.82. The maximum atomic E-state index is 5.61. The SMILES string of the molecule is COc1ccc2c(c1)CCN2C(=S)NC[C@@H]1CCCO1. The van der Waals surface area contributed by atoms with Crippen LogP contribution in [0.2, 0.25) is 0 Å². The molecule has 0 aliphatic carbocycles. The smallest absolute Gasteiger partial charge is 0.173 e. The van der Waals surface area contributed by atoms with Gasteiger partial charge in [0.25, 0.3) is 0 Å². The Morgan fingerprint density at radius 1 is 1.55 bits per heavy atom. The summed E-state index contributed by atoms with van der Waals surface area (Å²) in [6.07, 6.45) is 3.61. The van der Waals surface area contributed by atoms with Crippen molar-refractivity contribution < 1.29 is 9.47 Å². The fraction of sp³-hybridized carbons (Fsp3) is 0.533. The molecule has 0 spiro atoms. The second kappa shape index (κ2) is 5.97. The molecule has 1 N–H and O–H groups in total. The van der Waals surface area contributed by atoms with Gasteiger partial charge in [0.05, 0.1) is 13.2 Å². The Labute approximate surface area is 125 Å². The number of nitrogens with zero attached hydrogens (tertiary/aromatic N) is 1. The van der Waals surface area contributed by atoms with Crippen LogP contribution in [0.1, 0.15) is 18.4 Å². The Morgan fingerprint density at radius 2 is 2.45 bits per heavy atom. The quantitative estimate of drug-likeness (QED) is 0.863. The number of hydrogen-bond donors (Lipinski definition) is 1. The minimum Gasteiger partial charge on any atom is -0.497 e. The first-order chi connectivity index (χ1) is 9.78. The monoisotopic (exact) mass is 292 g/mol. The summed E-state index contributed by atoms with van der Waals surface area (Å²) in [4.78, 5) is 2.17. The summed E-state index contributed by atoms with van der Waals surface area (Å²) in [5.74, 6) is 0.906. The number of thiocarbonyl (C=S) groups is 1. The molecular formula is C15H20N2O2S. The number of benzene rings is 1. The van der Waals surface area contributed by atoms with Crippen LogP contribution in [0.4, 0.5) is 5.69 Å². The Kier molecular flexibility index (Phi) is 4.08. The zero-order chi connectivity index (χ0) is 13.9. The summed E-state index contributed by atoms with van der Waals surface area (Å²) in [7, 11) is 1.70. The zero-order valence-corrected chi connectivity index (χ0v) is 12.5. The zero-order valence-electron chi connectivity index (χ0n) is 11.7. The summed E-state index contributed by atoms with van der Waals surface area (Å²) < 4.78 is 10.9. The molecule has 0 radical (unpaired) electrons. The van der Waals surface area contributed by atoms with E-state index in [0.717, 1.165) is 49.8 Å². The second-order valence-electron chi connectivity index (χ2n) is 5.22. The molecule has 0 saturated carbocycles. The minimum atomic E-state index is 0.311. The summed E-state index contributed by atoms with van der Waals surface area (Å²) in [6, 6.07) is 6.17. The first-order valence-electron chi connectivity index (χ1n) is 7.12. The van der Waals surface area contributed by atoms with Gasteiger partial charge in [-0.05, 0) is 55.2 Å². The van der Waals surface area contributed by atoms with E-state index in [4.69, 9.17) is 21.7 Å². The van der Waals surface area contributed by atoms with Gasteiger partial charge in [-0.3, -0.25) is 0 Å². The lowest BCUT2D eigenvalue weighted by Crippen LogP contribution is -2.41. The van der Waals surface area contributed by atoms with E-state index >= 15 is 0 Å². The van der Waals surface area contributed by atoms with Crippen LogP contribution in [0.25, 0.3) is 0 Å². The average molecular weight is 292 g/mol. The molecule has 3 rings (SSSR count). The largest absolute Gasteiger partial charge is 0.497 e. The van der Waals surface area contributed by atoms with E-state index in [1.807, 2.05) is 6.07 Å². The molecule has 0 aromatic heterocycles. The molecule has 0 bridgehead atoms. The molecule has 2 aliphatic rings. The molecule has 4 nitrogen and oxygen atoms in total. The van der Waals surface area contributed by atoms with Crippen molar-refractivity contribution in [2.75, 3.05) is 31.7 Å². The van der Waals surface area contributed by atoms with E-state index in [1.54, 1.807) is 7.11 Å². The standard InChI is InChI=1S/C15H20N2O2S/c1-18-12-4-5-14-11(9-12)6-7-17(14)15(20)16-10-13-3-2-8-19-13/h4-5,9,13H,2-3,6-8,10H2,1H3,(H,16,20)/t13-/m0/s1. The van der Waals surface area contributed by atoms with Crippen molar-refractivity contribution in [1.29, 1.82) is 0 Å². The first-order valence-corrected chi connectivity index (χ1v) is 7.52. The predicted octanol–water partition coefficient (Wildman–Crippen LogP) is 2.11. The van der Waals surface area contributed by atoms with Gasteiger partial charge in [0.1, 0.15) is 5.75 Å². The van der Waals surface area contributed by atoms with Crippen LogP contribution in [0.5, 0.6) is 5.75 Å². The van der Waals surface area contributed by atoms with Gasteiger partial charge in [0, 0.05) is 25.4 Å². The van der Waals surface area contributed by atoms with Gasteiger partial charge in [-0.25, -0.2) is 0 Å². The Balaban J connectivity index is 1.63. The number of methoxy groups -OCH3 is 1. The molecule has 1 aromatic carbocycles. The van der Waals surface area contributed by atoms with E-state index < -0.39 is 0 Å². The molecule has 1 aromatic rings. The molecule has 20 heavy (non-hydrogen) atoms. The molecule has 1 fully saturated rings. The van der Waals surface area contributed by atoms with E-state index in [-0.39, 0.29) is 0 Å². The fourth-order valence-corrected chi connectivity index (χ4v) is 3.09. The summed E-state index contributed by atoms with van der Waals surface area (Å²) in [5, 5.41) is 4.13. The lowest BCUT2D eigenvalue weighted by Gasteiger charge is -2.22. The molecular weight excluding hydrogens is 272 g/mol. The minimum absolute atomic E-state index is 0.311. The van der Waals surface area contributed by atoms with E-state index in [1.165, 1.54) is 11.3 Å². The van der Waals surface area contributed by atoms with Crippen LogP contribution >= 0.6 is 12.2 Å². The van der Waals surface area contributed by atoms with Crippen molar-refractivity contribution in [2.45, 2.75) is 25.4 Å². The van der Waals surface area contributed by atoms with Crippen molar-refractivity contribution >= 4 is 23.0 Å². The first kappa shape index (κ1) is 13.6. The summed E-state index contributed by atoms with van der Waals surface area (Å²) >= 11 is 5.51. The molecule has 2 heterocycles. The third kappa shape index (κ3) is 2.74. The van der Waals surface area contributed by atoms with E-state index in [2.05, 4.69) is 22.3 Å². The van der Waals surface area contributed by atoms with Crippen molar-refractivity contribution in [3.8, 4) is 5.75 Å². The lowest BCUT2D eigenvalue weighted by molar-refractivity contribution is 0.114. The number of nitrogens with one attached hydrogen (secondary N) is 1. The maximum Gasteiger partial charge on any atom is 0.173 e. The number of rotatable bonds is 3. The number of fused-ring (bicyclic) bond motifs is 1. The van der Waals surface area contributed by atoms with Crippen LogP contribution in [-0.4, -0.2) is 38.0 Å². The van der Waals surface area contributed by atoms with Crippen LogP contribution in [0.15, 0.2) is 18.2 Å². The molecule has 1 saturated heterocycles. The topological polar surface area (TPSA) is 33.7 Å². The summed E-state index contributed by atoms with van der Waals surface area (Å²) in [6.45, 7) is 2.62. The van der Waals surface area contributed by atoms with Crippen LogP contribution < -0.4 is 15.0 Å². The second-order valence-corrected chi connectivity index (χ2v) is 5.60. The molecule has 5 heteroatoms. The summed E-state index contributed by atoms with van der Waals surface area (Å²) in [5.41, 5.74) is 2.49.